The quantitative estimate of drug-likeness (QED) is 0.399. The molecule has 2 atom stereocenters. The molecule has 42 heavy (non-hydrogen) atoms. The van der Waals surface area contributed by atoms with Gasteiger partial charge in [0.25, 0.3) is 5.91 Å². The maximum atomic E-state index is 14.2. The first kappa shape index (κ1) is 29.1. The van der Waals surface area contributed by atoms with Crippen LogP contribution < -0.4 is 23.8 Å². The van der Waals surface area contributed by atoms with Gasteiger partial charge in [-0.25, -0.2) is 0 Å². The molecule has 2 saturated heterocycles. The number of carbonyl (C=O) groups is 2. The molecule has 9 nitrogen and oxygen atoms in total. The predicted octanol–water partition coefficient (Wildman–Crippen LogP) is 4.23. The van der Waals surface area contributed by atoms with Crippen LogP contribution in [0.15, 0.2) is 60.7 Å². The fourth-order valence-corrected chi connectivity index (χ4v) is 6.15. The van der Waals surface area contributed by atoms with Crippen molar-refractivity contribution in [2.45, 2.75) is 12.8 Å². The van der Waals surface area contributed by atoms with Crippen molar-refractivity contribution in [1.29, 1.82) is 0 Å². The summed E-state index contributed by atoms with van der Waals surface area (Å²) in [6, 6.07) is 19.3. The van der Waals surface area contributed by atoms with E-state index in [2.05, 4.69) is 4.90 Å². The van der Waals surface area contributed by atoms with Crippen molar-refractivity contribution in [1.82, 2.24) is 9.80 Å². The number of aryl methyl sites for hydroxylation is 1. The molecule has 0 N–H and O–H groups in total. The second kappa shape index (κ2) is 12.6. The largest absolute Gasteiger partial charge is 0.495 e. The number of hydrogen-bond donors (Lipinski definition) is 0. The summed E-state index contributed by atoms with van der Waals surface area (Å²) in [6.45, 7) is 5.23. The number of carbonyl (C=O) groups excluding carboxylic acids is 2. The lowest BCUT2D eigenvalue weighted by Crippen LogP contribution is -2.51. The third kappa shape index (κ3) is 5.55. The Bertz CT molecular complexity index is 1410. The van der Waals surface area contributed by atoms with E-state index in [1.165, 1.54) is 0 Å². The van der Waals surface area contributed by atoms with E-state index in [1.807, 2.05) is 77.4 Å². The Hall–Kier alpha value is -4.40. The first-order chi connectivity index (χ1) is 20.4. The summed E-state index contributed by atoms with van der Waals surface area (Å²) in [5.41, 5.74) is 3.46. The van der Waals surface area contributed by atoms with Crippen LogP contribution in [-0.2, 0) is 4.79 Å². The van der Waals surface area contributed by atoms with Crippen molar-refractivity contribution < 1.29 is 28.5 Å². The molecule has 3 aromatic carbocycles. The van der Waals surface area contributed by atoms with E-state index in [9.17, 15) is 9.59 Å². The minimum absolute atomic E-state index is 0.0495. The smallest absolute Gasteiger partial charge is 0.254 e. The molecule has 0 radical (unpaired) electrons. The summed E-state index contributed by atoms with van der Waals surface area (Å²) in [6.07, 6.45) is 0. The summed E-state index contributed by atoms with van der Waals surface area (Å²) in [5, 5.41) is 0. The van der Waals surface area contributed by atoms with E-state index in [0.29, 0.717) is 62.1 Å². The van der Waals surface area contributed by atoms with Crippen LogP contribution in [0.5, 0.6) is 23.0 Å². The number of nitrogens with zero attached hydrogens (tertiary/aromatic N) is 3. The zero-order valence-corrected chi connectivity index (χ0v) is 25.0. The van der Waals surface area contributed by atoms with Crippen molar-refractivity contribution in [3.63, 3.8) is 0 Å². The molecule has 2 heterocycles. The third-order valence-corrected chi connectivity index (χ3v) is 8.43. The summed E-state index contributed by atoms with van der Waals surface area (Å²) >= 11 is 0. The molecule has 2 amide bonds. The normalized spacial score (nSPS) is 18.5. The van der Waals surface area contributed by atoms with Crippen LogP contribution in [0.4, 0.5) is 5.69 Å². The monoisotopic (exact) mass is 573 g/mol. The third-order valence-electron chi connectivity index (χ3n) is 8.43. The molecular weight excluding hydrogens is 534 g/mol. The minimum Gasteiger partial charge on any atom is -0.495 e. The number of rotatable bonds is 8. The van der Waals surface area contributed by atoms with Crippen LogP contribution in [0, 0.1) is 12.8 Å². The van der Waals surface area contributed by atoms with E-state index in [1.54, 1.807) is 28.4 Å². The number of para-hydroxylation sites is 2. The molecule has 0 aromatic heterocycles. The highest BCUT2D eigenvalue weighted by Gasteiger charge is 2.43. The number of ether oxygens (including phenoxy) is 4. The van der Waals surface area contributed by atoms with Gasteiger partial charge >= 0.3 is 0 Å². The molecule has 0 unspecified atom stereocenters. The van der Waals surface area contributed by atoms with E-state index >= 15 is 0 Å². The SMILES string of the molecule is COc1ccccc1N1CCN(C(=O)[C@@H]2CN(C(=O)c3ccccc3C)C[C@@H]2c2cc(OC)c(OC)c(OC)c2)CC1. The molecule has 0 aliphatic carbocycles. The molecule has 3 aromatic rings. The Morgan fingerprint density at radius 3 is 1.95 bits per heavy atom. The number of likely N-dealkylation sites (tertiary alicyclic amines) is 1. The van der Waals surface area contributed by atoms with E-state index < -0.39 is 5.92 Å². The standard InChI is InChI=1S/C33H39N3O6/c1-22-10-6-7-11-24(22)32(37)36-20-25(23-18-29(40-3)31(42-5)30(19-23)41-4)26(21-36)33(38)35-16-14-34(15-17-35)27-12-8-9-13-28(27)39-2/h6-13,18-19,25-26H,14-17,20-21H2,1-5H3/t25-,26-/m1/s1. The van der Waals surface area contributed by atoms with Crippen LogP contribution in [0.2, 0.25) is 0 Å². The van der Waals surface area contributed by atoms with Crippen molar-refractivity contribution in [2.24, 2.45) is 5.92 Å². The van der Waals surface area contributed by atoms with Gasteiger partial charge in [-0.2, -0.15) is 0 Å². The summed E-state index contributed by atoms with van der Waals surface area (Å²) in [5.74, 6) is 1.67. The molecule has 0 saturated carbocycles. The highest BCUT2D eigenvalue weighted by atomic mass is 16.5. The summed E-state index contributed by atoms with van der Waals surface area (Å²) in [4.78, 5) is 33.9. The number of amides is 2. The minimum atomic E-state index is -0.418. The number of anilines is 1. The molecule has 9 heteroatoms. The van der Waals surface area contributed by atoms with Gasteiger partial charge in [-0.15, -0.1) is 0 Å². The Balaban J connectivity index is 1.43. The fourth-order valence-electron chi connectivity index (χ4n) is 6.15. The highest BCUT2D eigenvalue weighted by molar-refractivity contribution is 5.96. The molecule has 2 fully saturated rings. The number of hydrogen-bond acceptors (Lipinski definition) is 7. The fraction of sp³-hybridized carbons (Fsp3) is 0.394. The first-order valence-electron chi connectivity index (χ1n) is 14.2. The zero-order valence-electron chi connectivity index (χ0n) is 25.0. The first-order valence-corrected chi connectivity index (χ1v) is 14.2. The van der Waals surface area contributed by atoms with Gasteiger partial charge in [0.15, 0.2) is 11.5 Å². The van der Waals surface area contributed by atoms with Gasteiger partial charge in [-0.05, 0) is 48.4 Å². The van der Waals surface area contributed by atoms with Crippen LogP contribution >= 0.6 is 0 Å². The van der Waals surface area contributed by atoms with Gasteiger partial charge < -0.3 is 33.6 Å². The molecule has 2 aliphatic heterocycles. The number of piperazine rings is 1. The van der Waals surface area contributed by atoms with E-state index in [0.717, 1.165) is 22.6 Å². The average Bonchev–Trinajstić information content (AvgIpc) is 3.49. The van der Waals surface area contributed by atoms with Crippen LogP contribution in [0.1, 0.15) is 27.4 Å². The molecule has 5 rings (SSSR count). The average molecular weight is 574 g/mol. The van der Waals surface area contributed by atoms with Crippen molar-refractivity contribution in [3.8, 4) is 23.0 Å². The molecule has 222 valence electrons. The lowest BCUT2D eigenvalue weighted by atomic mass is 9.87. The van der Waals surface area contributed by atoms with Gasteiger partial charge in [-0.1, -0.05) is 30.3 Å². The Labute approximate surface area is 247 Å². The van der Waals surface area contributed by atoms with Crippen LogP contribution in [-0.4, -0.2) is 89.3 Å². The van der Waals surface area contributed by atoms with E-state index in [-0.39, 0.29) is 17.7 Å². The van der Waals surface area contributed by atoms with Gasteiger partial charge in [0.05, 0.1) is 40.0 Å². The lowest BCUT2D eigenvalue weighted by molar-refractivity contribution is -0.135. The van der Waals surface area contributed by atoms with Crippen molar-refractivity contribution >= 4 is 17.5 Å². The van der Waals surface area contributed by atoms with Gasteiger partial charge in [-0.3, -0.25) is 9.59 Å². The van der Waals surface area contributed by atoms with Gasteiger partial charge in [0.1, 0.15) is 5.75 Å². The van der Waals surface area contributed by atoms with Gasteiger partial charge in [0.2, 0.25) is 11.7 Å². The van der Waals surface area contributed by atoms with Gasteiger partial charge in [0, 0.05) is 50.7 Å². The van der Waals surface area contributed by atoms with Crippen molar-refractivity contribution in [3.05, 3.63) is 77.4 Å². The van der Waals surface area contributed by atoms with Crippen molar-refractivity contribution in [2.75, 3.05) is 72.6 Å². The Morgan fingerprint density at radius 1 is 0.714 bits per heavy atom. The highest BCUT2D eigenvalue weighted by Crippen LogP contribution is 2.44. The van der Waals surface area contributed by atoms with Crippen LogP contribution in [0.25, 0.3) is 0 Å². The summed E-state index contributed by atoms with van der Waals surface area (Å²) < 4.78 is 22.3. The Kier molecular flexibility index (Phi) is 8.75. The zero-order chi connectivity index (χ0) is 29.8. The molecule has 0 spiro atoms. The molecule has 0 bridgehead atoms. The van der Waals surface area contributed by atoms with Crippen LogP contribution in [0.3, 0.4) is 0 Å². The Morgan fingerprint density at radius 2 is 1.33 bits per heavy atom. The van der Waals surface area contributed by atoms with E-state index in [4.69, 9.17) is 18.9 Å². The topological polar surface area (TPSA) is 80.8 Å². The number of benzene rings is 3. The predicted molar refractivity (Wildman–Crippen MR) is 161 cm³/mol. The number of methoxy groups -OCH3 is 4. The molecular formula is C33H39N3O6. The second-order valence-electron chi connectivity index (χ2n) is 10.7. The second-order valence-corrected chi connectivity index (χ2v) is 10.7. The lowest BCUT2D eigenvalue weighted by Gasteiger charge is -2.38. The summed E-state index contributed by atoms with van der Waals surface area (Å²) in [7, 11) is 6.39. The molecule has 2 aliphatic rings. The maximum absolute atomic E-state index is 14.2. The maximum Gasteiger partial charge on any atom is 0.254 e.